The Kier molecular flexibility index (Phi) is 6.00. The van der Waals surface area contributed by atoms with E-state index in [-0.39, 0.29) is 35.6 Å². The lowest BCUT2D eigenvalue weighted by molar-refractivity contribution is -0.121. The van der Waals surface area contributed by atoms with Crippen molar-refractivity contribution in [1.29, 1.82) is 0 Å². The molecule has 1 aromatic carbocycles. The molecule has 10 heteroatoms. The zero-order chi connectivity index (χ0) is 23.0. The molecule has 1 saturated heterocycles. The van der Waals surface area contributed by atoms with Gasteiger partial charge in [-0.1, -0.05) is 0 Å². The second-order valence-electron chi connectivity index (χ2n) is 8.38. The summed E-state index contributed by atoms with van der Waals surface area (Å²) in [6.07, 6.45) is 1.68. The second-order valence-corrected chi connectivity index (χ2v) is 10.3. The van der Waals surface area contributed by atoms with Crippen molar-refractivity contribution in [2.45, 2.75) is 57.6 Å². The highest BCUT2D eigenvalue weighted by atomic mass is 32.2. The van der Waals surface area contributed by atoms with Crippen molar-refractivity contribution in [2.75, 3.05) is 13.1 Å². The first-order valence-corrected chi connectivity index (χ1v) is 12.2. The molecule has 0 saturated carbocycles. The molecule has 4 rings (SSSR count). The first-order chi connectivity index (χ1) is 15.2. The summed E-state index contributed by atoms with van der Waals surface area (Å²) in [4.78, 5) is 25.9. The molecule has 0 radical (unpaired) electrons. The van der Waals surface area contributed by atoms with E-state index < -0.39 is 10.0 Å². The van der Waals surface area contributed by atoms with Crippen LogP contribution in [-0.2, 0) is 27.9 Å². The molecule has 9 nitrogen and oxygen atoms in total. The molecule has 1 fully saturated rings. The van der Waals surface area contributed by atoms with Gasteiger partial charge in [0.2, 0.25) is 15.9 Å². The topological polar surface area (TPSA) is 107 Å². The van der Waals surface area contributed by atoms with Crippen LogP contribution in [0.15, 0.2) is 44.4 Å². The van der Waals surface area contributed by atoms with Gasteiger partial charge in [0.1, 0.15) is 18.1 Å². The SMILES string of the molecule is Cc1ccc(CNC(=O)Cn2c(=O)n(C(C)C)c3ccc(S(=O)(=O)N4CCCC4)cc32)o1. The number of nitrogens with zero attached hydrogens (tertiary/aromatic N) is 3. The number of hydrogen-bond acceptors (Lipinski definition) is 5. The summed E-state index contributed by atoms with van der Waals surface area (Å²) in [5.74, 6) is 1.00. The van der Waals surface area contributed by atoms with E-state index in [0.29, 0.717) is 29.9 Å². The molecule has 0 atom stereocenters. The van der Waals surface area contributed by atoms with Crippen LogP contribution in [0.5, 0.6) is 0 Å². The largest absolute Gasteiger partial charge is 0.465 e. The Hall–Kier alpha value is -2.85. The lowest BCUT2D eigenvalue weighted by Crippen LogP contribution is -2.33. The van der Waals surface area contributed by atoms with Gasteiger partial charge in [0.25, 0.3) is 0 Å². The Balaban J connectivity index is 1.69. The number of benzene rings is 1. The Morgan fingerprint density at radius 3 is 2.47 bits per heavy atom. The molecule has 1 aliphatic rings. The summed E-state index contributed by atoms with van der Waals surface area (Å²) in [6.45, 7) is 6.54. The van der Waals surface area contributed by atoms with Gasteiger partial charge in [0.05, 0.1) is 22.5 Å². The minimum Gasteiger partial charge on any atom is -0.465 e. The van der Waals surface area contributed by atoms with Gasteiger partial charge >= 0.3 is 5.69 Å². The van der Waals surface area contributed by atoms with Crippen LogP contribution in [0.1, 0.15) is 44.3 Å². The first kappa shape index (κ1) is 22.3. The number of rotatable bonds is 7. The monoisotopic (exact) mass is 460 g/mol. The maximum absolute atomic E-state index is 13.1. The Morgan fingerprint density at radius 2 is 1.84 bits per heavy atom. The van der Waals surface area contributed by atoms with E-state index in [1.165, 1.54) is 21.0 Å². The molecule has 1 aliphatic heterocycles. The fraction of sp³-hybridized carbons (Fsp3) is 0.455. The smallest absolute Gasteiger partial charge is 0.329 e. The predicted octanol–water partition coefficient (Wildman–Crippen LogP) is 2.39. The standard InChI is InChI=1S/C22H28N4O5S/c1-15(2)26-19-9-8-18(32(29,30)24-10-4-5-11-24)12-20(19)25(22(26)28)14-21(27)23-13-17-7-6-16(3)31-17/h6-9,12,15H,4-5,10-11,13-14H2,1-3H3,(H,23,27). The minimum atomic E-state index is -3.65. The van der Waals surface area contributed by atoms with E-state index in [1.54, 1.807) is 16.7 Å². The second kappa shape index (κ2) is 8.59. The van der Waals surface area contributed by atoms with E-state index in [0.717, 1.165) is 18.6 Å². The van der Waals surface area contributed by atoms with E-state index in [2.05, 4.69) is 5.32 Å². The summed E-state index contributed by atoms with van der Waals surface area (Å²) in [5, 5.41) is 2.75. The summed E-state index contributed by atoms with van der Waals surface area (Å²) in [7, 11) is -3.65. The molecule has 0 aliphatic carbocycles. The molecule has 32 heavy (non-hydrogen) atoms. The molecule has 3 heterocycles. The van der Waals surface area contributed by atoms with Gasteiger partial charge in [-0.2, -0.15) is 4.31 Å². The zero-order valence-corrected chi connectivity index (χ0v) is 19.3. The molecule has 2 aromatic heterocycles. The summed E-state index contributed by atoms with van der Waals surface area (Å²) >= 11 is 0. The van der Waals surface area contributed by atoms with Gasteiger partial charge < -0.3 is 9.73 Å². The Labute approximate surface area is 186 Å². The van der Waals surface area contributed by atoms with Gasteiger partial charge in [0.15, 0.2) is 0 Å². The van der Waals surface area contributed by atoms with Crippen molar-refractivity contribution in [3.8, 4) is 0 Å². The van der Waals surface area contributed by atoms with Gasteiger partial charge in [-0.25, -0.2) is 13.2 Å². The number of sulfonamides is 1. The highest BCUT2D eigenvalue weighted by Gasteiger charge is 2.28. The van der Waals surface area contributed by atoms with Crippen LogP contribution >= 0.6 is 0 Å². The molecular weight excluding hydrogens is 432 g/mol. The first-order valence-electron chi connectivity index (χ1n) is 10.8. The normalized spacial score (nSPS) is 15.1. The number of carbonyl (C=O) groups is 1. The predicted molar refractivity (Wildman–Crippen MR) is 120 cm³/mol. The van der Waals surface area contributed by atoms with Crippen molar-refractivity contribution >= 4 is 27.0 Å². The van der Waals surface area contributed by atoms with Crippen molar-refractivity contribution in [3.63, 3.8) is 0 Å². The van der Waals surface area contributed by atoms with Gasteiger partial charge in [0, 0.05) is 19.1 Å². The highest BCUT2D eigenvalue weighted by Crippen LogP contribution is 2.25. The number of aromatic nitrogens is 2. The van der Waals surface area contributed by atoms with Crippen LogP contribution in [0.2, 0.25) is 0 Å². The minimum absolute atomic E-state index is 0.132. The summed E-state index contributed by atoms with van der Waals surface area (Å²) in [5.41, 5.74) is 0.669. The number of hydrogen-bond donors (Lipinski definition) is 1. The maximum atomic E-state index is 13.1. The van der Waals surface area contributed by atoms with E-state index in [9.17, 15) is 18.0 Å². The van der Waals surface area contributed by atoms with E-state index in [4.69, 9.17) is 4.42 Å². The lowest BCUT2D eigenvalue weighted by Gasteiger charge is -2.15. The molecule has 3 aromatic rings. The van der Waals surface area contributed by atoms with Crippen LogP contribution in [0.3, 0.4) is 0 Å². The van der Waals surface area contributed by atoms with Crippen molar-refractivity contribution in [1.82, 2.24) is 18.8 Å². The number of amides is 1. The highest BCUT2D eigenvalue weighted by molar-refractivity contribution is 7.89. The fourth-order valence-corrected chi connectivity index (χ4v) is 5.65. The molecule has 1 amide bonds. The lowest BCUT2D eigenvalue weighted by atomic mass is 10.3. The van der Waals surface area contributed by atoms with Crippen LogP contribution in [-0.4, -0.2) is 40.9 Å². The van der Waals surface area contributed by atoms with Crippen LogP contribution in [0, 0.1) is 6.92 Å². The van der Waals surface area contributed by atoms with E-state index >= 15 is 0 Å². The number of aryl methyl sites for hydroxylation is 1. The third-order valence-corrected chi connectivity index (χ3v) is 7.61. The van der Waals surface area contributed by atoms with Crippen molar-refractivity contribution in [2.24, 2.45) is 0 Å². The number of fused-ring (bicyclic) bond motifs is 1. The van der Waals surface area contributed by atoms with Crippen LogP contribution in [0.25, 0.3) is 11.0 Å². The van der Waals surface area contributed by atoms with Crippen molar-refractivity contribution in [3.05, 3.63) is 52.3 Å². The number of carbonyl (C=O) groups excluding carboxylic acids is 1. The third-order valence-electron chi connectivity index (χ3n) is 5.71. The average Bonchev–Trinajstić information content (AvgIpc) is 3.47. The van der Waals surface area contributed by atoms with E-state index in [1.807, 2.05) is 26.8 Å². The zero-order valence-electron chi connectivity index (χ0n) is 18.5. The molecule has 0 unspecified atom stereocenters. The summed E-state index contributed by atoms with van der Waals surface area (Å²) < 4.78 is 35.9. The number of imidazole rings is 1. The average molecular weight is 461 g/mol. The van der Waals surface area contributed by atoms with Gasteiger partial charge in [-0.3, -0.25) is 13.9 Å². The van der Waals surface area contributed by atoms with Gasteiger partial charge in [-0.15, -0.1) is 0 Å². The molecule has 0 bridgehead atoms. The molecule has 0 spiro atoms. The molecular formula is C22H28N4O5S. The Morgan fingerprint density at radius 1 is 1.12 bits per heavy atom. The quantitative estimate of drug-likeness (QED) is 0.583. The summed E-state index contributed by atoms with van der Waals surface area (Å²) in [6, 6.07) is 8.14. The van der Waals surface area contributed by atoms with Crippen LogP contribution < -0.4 is 11.0 Å². The van der Waals surface area contributed by atoms with Crippen LogP contribution in [0.4, 0.5) is 0 Å². The third kappa shape index (κ3) is 4.12. The number of furan rings is 1. The molecule has 172 valence electrons. The Bertz CT molecular complexity index is 1310. The van der Waals surface area contributed by atoms with Gasteiger partial charge in [-0.05, 0) is 63.9 Å². The van der Waals surface area contributed by atoms with Crippen molar-refractivity contribution < 1.29 is 17.6 Å². The maximum Gasteiger partial charge on any atom is 0.329 e. The number of nitrogens with one attached hydrogen (secondary N) is 1. The fourth-order valence-electron chi connectivity index (χ4n) is 4.11. The molecule has 1 N–H and O–H groups in total.